The number of hydrogen-bond acceptors (Lipinski definition) is 7. The van der Waals surface area contributed by atoms with Crippen molar-refractivity contribution in [3.05, 3.63) is 24.3 Å². The molecule has 0 radical (unpaired) electrons. The van der Waals surface area contributed by atoms with Gasteiger partial charge in [0.2, 0.25) is 0 Å². The molecule has 0 bridgehead atoms. The Labute approximate surface area is 214 Å². The minimum atomic E-state index is -3.58. The summed E-state index contributed by atoms with van der Waals surface area (Å²) in [6, 6.07) is 5.38. The Hall–Kier alpha value is 2.68. The second kappa shape index (κ2) is 16.2. The number of thiol groups is 1. The Bertz CT molecular complexity index is 569. The first-order chi connectivity index (χ1) is 7.95. The van der Waals surface area contributed by atoms with Crippen molar-refractivity contribution in [2.24, 2.45) is 5.11 Å². The van der Waals surface area contributed by atoms with Crippen LogP contribution in [-0.4, -0.2) is 147 Å². The fourth-order valence-electron chi connectivity index (χ4n) is 1.07. The second-order valence-corrected chi connectivity index (χ2v) is 5.80. The molecule has 0 atom stereocenters. The van der Waals surface area contributed by atoms with Crippen LogP contribution in [0.3, 0.4) is 0 Å². The van der Waals surface area contributed by atoms with E-state index in [4.69, 9.17) is 5.53 Å². The minimum absolute atomic E-state index is 0. The first-order valence-electron chi connectivity index (χ1n) is 4.43. The molecule has 1 N–H and O–H groups in total. The van der Waals surface area contributed by atoms with E-state index in [1.165, 1.54) is 24.3 Å². The number of rotatable bonds is 6. The molecule has 0 heterocycles. The van der Waals surface area contributed by atoms with Gasteiger partial charge in [0, 0.05) is 0 Å². The van der Waals surface area contributed by atoms with Gasteiger partial charge in [-0.3, -0.25) is 4.18 Å². The maximum absolute atomic E-state index is 11.7. The Kier molecular flexibility index (Phi) is 24.2. The summed E-state index contributed by atoms with van der Waals surface area (Å²) in [5, 5.41) is 3.13. The molecule has 0 aromatic heterocycles. The van der Waals surface area contributed by atoms with Gasteiger partial charge in [-0.2, -0.15) is 5.11 Å². The molecule has 0 unspecified atom stereocenters. The van der Waals surface area contributed by atoms with Crippen LogP contribution in [0.2, 0.25) is 0 Å². The summed E-state index contributed by atoms with van der Waals surface area (Å²) < 4.78 is 47.7. The Morgan fingerprint density at radius 2 is 1.52 bits per heavy atom. The van der Waals surface area contributed by atoms with Gasteiger partial charge in [0.05, 0.1) is 22.9 Å². The van der Waals surface area contributed by atoms with Crippen molar-refractivity contribution in [2.75, 3.05) is 12.4 Å². The van der Waals surface area contributed by atoms with E-state index in [1.54, 1.807) is 0 Å². The molecule has 0 fully saturated rings. The summed E-state index contributed by atoms with van der Waals surface area (Å²) in [4.78, 5) is 0.0367. The molecule has 0 aliphatic rings. The summed E-state index contributed by atoms with van der Waals surface area (Å²) in [7, 11) is -6.61. The van der Waals surface area contributed by atoms with Crippen molar-refractivity contribution in [3.8, 4) is 0 Å². The number of hydrogen-bond donors (Lipinski definition) is 2. The molecule has 0 saturated carbocycles. The van der Waals surface area contributed by atoms with Crippen LogP contribution >= 0.6 is 0 Å². The van der Waals surface area contributed by atoms with E-state index in [2.05, 4.69) is 9.30 Å². The average molecular weight is 374 g/mol. The predicted molar refractivity (Wildman–Crippen MR) is 88.2 cm³/mol. The van der Waals surface area contributed by atoms with Crippen LogP contribution in [0.15, 0.2) is 34.3 Å². The van der Waals surface area contributed by atoms with Crippen LogP contribution in [0.1, 0.15) is 0 Å². The van der Waals surface area contributed by atoms with Crippen molar-refractivity contribution in [3.63, 3.8) is 0 Å². The van der Waals surface area contributed by atoms with E-state index in [1.807, 2.05) is 0 Å². The van der Waals surface area contributed by atoms with Gasteiger partial charge in [0.1, 0.15) is 0 Å². The molecular weight excluding hydrogens is 360 g/mol. The number of sulfone groups is 1. The van der Waals surface area contributed by atoms with E-state index in [0.717, 1.165) is 0 Å². The molecule has 7 nitrogen and oxygen atoms in total. The molecule has 1 aromatic carbocycles. The first-order valence-corrected chi connectivity index (χ1v) is 7.18. The van der Waals surface area contributed by atoms with Gasteiger partial charge in [-0.05, 0) is 24.3 Å². The molecular formula is C8H14N2Na4O5S2. The number of nitrogens with one attached hydrogen (secondary N) is 1. The van der Waals surface area contributed by atoms with Crippen LogP contribution in [0.5, 0.6) is 0 Å². The Balaban J connectivity index is -0.000000361. The number of benzene rings is 1. The Morgan fingerprint density at radius 3 is 1.90 bits per heavy atom. The normalized spacial score (nSPS) is 9.38. The summed E-state index contributed by atoms with van der Waals surface area (Å²) in [6.45, 7) is -0.411. The van der Waals surface area contributed by atoms with Crippen molar-refractivity contribution in [1.82, 2.24) is 0 Å². The summed E-state index contributed by atoms with van der Waals surface area (Å²) in [5.74, 6) is -0.423. The average Bonchev–Trinajstić information content (AvgIpc) is 2.28. The quantitative estimate of drug-likeness (QED) is 0.342. The van der Waals surface area contributed by atoms with E-state index < -0.39 is 33.2 Å². The fourth-order valence-corrected chi connectivity index (χ4v) is 2.52. The molecule has 0 amide bonds. The standard InChI is InChI=1S/C8H10N2O5S2.4Na.4H/c9-10-7-1-3-8(4-2-7)17(13,14)6-5-15-16(11)12;;;;;;;;/h1-4,9,16H,5-6H2;;;;;;;;. The molecule has 0 saturated heterocycles. The SMILES string of the molecule is N=Nc1ccc(S(=O)(=O)CCO[SH](=O)=O)cc1.[NaH].[NaH].[NaH].[NaH]. The van der Waals surface area contributed by atoms with Gasteiger partial charge < -0.3 is 0 Å². The summed E-state index contributed by atoms with van der Waals surface area (Å²) in [5.41, 5.74) is 7.05. The second-order valence-electron chi connectivity index (χ2n) is 2.98. The third kappa shape index (κ3) is 12.7. The predicted octanol–water partition coefficient (Wildman–Crippen LogP) is -1.93. The third-order valence-electron chi connectivity index (χ3n) is 1.87. The number of nitrogens with zero attached hydrogens (tertiary/aromatic N) is 1. The van der Waals surface area contributed by atoms with E-state index in [9.17, 15) is 16.8 Å². The molecule has 0 spiro atoms. The van der Waals surface area contributed by atoms with E-state index in [-0.39, 0.29) is 123 Å². The molecule has 1 aromatic rings. The van der Waals surface area contributed by atoms with Gasteiger partial charge in [0.15, 0.2) is 9.84 Å². The Morgan fingerprint density at radius 1 is 1.05 bits per heavy atom. The van der Waals surface area contributed by atoms with Gasteiger partial charge in [-0.15, -0.1) is 0 Å². The zero-order chi connectivity index (χ0) is 12.9. The van der Waals surface area contributed by atoms with Crippen LogP contribution in [-0.2, 0) is 25.0 Å². The zero-order valence-electron chi connectivity index (χ0n) is 8.57. The summed E-state index contributed by atoms with van der Waals surface area (Å²) in [6.07, 6.45) is 0. The molecule has 1 rings (SSSR count). The van der Waals surface area contributed by atoms with Crippen molar-refractivity contribution in [1.29, 1.82) is 5.53 Å². The van der Waals surface area contributed by atoms with Gasteiger partial charge in [-0.1, -0.05) is 0 Å². The zero-order valence-corrected chi connectivity index (χ0v) is 10.3. The van der Waals surface area contributed by atoms with Crippen LogP contribution in [0, 0.1) is 5.53 Å². The summed E-state index contributed by atoms with van der Waals surface area (Å²) >= 11 is 0. The molecule has 21 heavy (non-hydrogen) atoms. The van der Waals surface area contributed by atoms with E-state index in [0.29, 0.717) is 5.69 Å². The van der Waals surface area contributed by atoms with Crippen LogP contribution in [0.25, 0.3) is 0 Å². The van der Waals surface area contributed by atoms with Crippen LogP contribution < -0.4 is 0 Å². The third-order valence-corrected chi connectivity index (χ3v) is 3.96. The first kappa shape index (κ1) is 31.4. The fraction of sp³-hybridized carbons (Fsp3) is 0.250. The molecule has 0 aliphatic carbocycles. The maximum atomic E-state index is 11.7. The van der Waals surface area contributed by atoms with Crippen molar-refractivity contribution in [2.45, 2.75) is 4.90 Å². The van der Waals surface area contributed by atoms with Crippen molar-refractivity contribution >= 4 is 145 Å². The topological polar surface area (TPSA) is 114 Å². The van der Waals surface area contributed by atoms with Crippen LogP contribution in [0.4, 0.5) is 5.69 Å². The van der Waals surface area contributed by atoms with Gasteiger partial charge >= 0.3 is 118 Å². The van der Waals surface area contributed by atoms with Crippen molar-refractivity contribution < 1.29 is 21.0 Å². The van der Waals surface area contributed by atoms with Gasteiger partial charge in [-0.25, -0.2) is 22.4 Å². The molecule has 102 valence electrons. The molecule has 13 heteroatoms. The van der Waals surface area contributed by atoms with E-state index >= 15 is 0 Å². The van der Waals surface area contributed by atoms with Gasteiger partial charge in [0.25, 0.3) is 11.0 Å². The monoisotopic (exact) mass is 374 g/mol. The molecule has 0 aliphatic heterocycles.